The number of hydrogen-bond acceptors (Lipinski definition) is 0. The van der Waals surface area contributed by atoms with Crippen molar-refractivity contribution >= 4 is 23.2 Å². The van der Waals surface area contributed by atoms with E-state index in [2.05, 4.69) is 6.07 Å². The van der Waals surface area contributed by atoms with Gasteiger partial charge < -0.3 is 0 Å². The normalized spacial score (nSPS) is 10.3. The average Bonchev–Trinajstić information content (AvgIpc) is 2.22. The van der Waals surface area contributed by atoms with Crippen LogP contribution in [0.2, 0.25) is 10.0 Å². The maximum absolute atomic E-state index is 6.11. The molecule has 0 saturated carbocycles. The van der Waals surface area contributed by atoms with Crippen LogP contribution in [0.5, 0.6) is 0 Å². The lowest BCUT2D eigenvalue weighted by atomic mass is 10.0. The first-order chi connectivity index (χ1) is 7.16. The molecule has 0 fully saturated rings. The minimum atomic E-state index is 0.694. The molecule has 0 amide bonds. The SMILES string of the molecule is Cc1[c]ccc(-c2cc(Cl)ccc2Cl)c1. The predicted octanol–water partition coefficient (Wildman–Crippen LogP) is 4.77. The molecule has 0 spiro atoms. The summed E-state index contributed by atoms with van der Waals surface area (Å²) in [6.45, 7) is 2.00. The van der Waals surface area contributed by atoms with E-state index in [1.54, 1.807) is 6.07 Å². The summed E-state index contributed by atoms with van der Waals surface area (Å²) >= 11 is 12.1. The molecule has 0 N–H and O–H groups in total. The van der Waals surface area contributed by atoms with Crippen molar-refractivity contribution < 1.29 is 0 Å². The van der Waals surface area contributed by atoms with E-state index in [0.29, 0.717) is 10.0 Å². The predicted molar refractivity (Wildman–Crippen MR) is 65.5 cm³/mol. The molecule has 0 heterocycles. The van der Waals surface area contributed by atoms with Crippen LogP contribution in [0.1, 0.15) is 5.56 Å². The maximum Gasteiger partial charge on any atom is 0.0485 e. The van der Waals surface area contributed by atoms with Crippen molar-refractivity contribution in [3.8, 4) is 11.1 Å². The third kappa shape index (κ3) is 2.34. The van der Waals surface area contributed by atoms with Crippen molar-refractivity contribution in [3.63, 3.8) is 0 Å². The van der Waals surface area contributed by atoms with Crippen LogP contribution < -0.4 is 0 Å². The molecule has 0 aliphatic rings. The lowest BCUT2D eigenvalue weighted by Gasteiger charge is -2.05. The van der Waals surface area contributed by atoms with Gasteiger partial charge in [-0.05, 0) is 42.3 Å². The second-order valence-corrected chi connectivity index (χ2v) is 4.23. The van der Waals surface area contributed by atoms with Crippen molar-refractivity contribution in [1.29, 1.82) is 0 Å². The fourth-order valence-electron chi connectivity index (χ4n) is 1.47. The highest BCUT2D eigenvalue weighted by Crippen LogP contribution is 2.30. The van der Waals surface area contributed by atoms with Crippen LogP contribution in [-0.4, -0.2) is 0 Å². The van der Waals surface area contributed by atoms with Crippen LogP contribution in [0.4, 0.5) is 0 Å². The summed E-state index contributed by atoms with van der Waals surface area (Å²) in [6, 6.07) is 14.5. The highest BCUT2D eigenvalue weighted by atomic mass is 35.5. The number of rotatable bonds is 1. The number of aryl methyl sites for hydroxylation is 1. The van der Waals surface area contributed by atoms with Crippen LogP contribution in [-0.2, 0) is 0 Å². The summed E-state index contributed by atoms with van der Waals surface area (Å²) in [6.07, 6.45) is 0. The fraction of sp³-hybridized carbons (Fsp3) is 0.0769. The van der Waals surface area contributed by atoms with Crippen LogP contribution >= 0.6 is 23.2 Å². The second-order valence-electron chi connectivity index (χ2n) is 3.38. The Morgan fingerprint density at radius 3 is 2.60 bits per heavy atom. The first kappa shape index (κ1) is 10.5. The van der Waals surface area contributed by atoms with E-state index in [9.17, 15) is 0 Å². The molecule has 0 bridgehead atoms. The number of halogens is 2. The number of hydrogen-bond donors (Lipinski definition) is 0. The van der Waals surface area contributed by atoms with Gasteiger partial charge in [0.1, 0.15) is 0 Å². The monoisotopic (exact) mass is 235 g/mol. The van der Waals surface area contributed by atoms with Crippen LogP contribution in [0.3, 0.4) is 0 Å². The van der Waals surface area contributed by atoms with Gasteiger partial charge in [0.2, 0.25) is 0 Å². The average molecular weight is 236 g/mol. The molecule has 0 aromatic heterocycles. The molecular weight excluding hydrogens is 227 g/mol. The van der Waals surface area contributed by atoms with Crippen molar-refractivity contribution in [2.75, 3.05) is 0 Å². The van der Waals surface area contributed by atoms with E-state index in [1.165, 1.54) is 0 Å². The van der Waals surface area contributed by atoms with Gasteiger partial charge in [-0.15, -0.1) is 0 Å². The van der Waals surface area contributed by atoms with Gasteiger partial charge in [0, 0.05) is 15.6 Å². The molecule has 2 rings (SSSR count). The topological polar surface area (TPSA) is 0 Å². The van der Waals surface area contributed by atoms with E-state index in [-0.39, 0.29) is 0 Å². The summed E-state index contributed by atoms with van der Waals surface area (Å²) in [5.41, 5.74) is 3.11. The molecule has 1 radical (unpaired) electrons. The summed E-state index contributed by atoms with van der Waals surface area (Å²) in [5.74, 6) is 0. The van der Waals surface area contributed by atoms with Crippen molar-refractivity contribution in [3.05, 3.63) is 58.1 Å². The quantitative estimate of drug-likeness (QED) is 0.669. The molecule has 0 saturated heterocycles. The first-order valence-corrected chi connectivity index (χ1v) is 5.36. The standard InChI is InChI=1S/C13H9Cl2/c1-9-3-2-4-10(7-9)12-8-11(14)5-6-13(12)15/h2,4-8H,1H3. The molecule has 0 unspecified atom stereocenters. The molecule has 0 nitrogen and oxygen atoms in total. The highest BCUT2D eigenvalue weighted by molar-refractivity contribution is 6.35. The van der Waals surface area contributed by atoms with Gasteiger partial charge in [-0.2, -0.15) is 0 Å². The minimum absolute atomic E-state index is 0.694. The largest absolute Gasteiger partial charge is 0.0843 e. The van der Waals surface area contributed by atoms with E-state index in [0.717, 1.165) is 16.7 Å². The Hall–Kier alpha value is -0.980. The van der Waals surface area contributed by atoms with Crippen molar-refractivity contribution in [2.45, 2.75) is 6.92 Å². The second kappa shape index (κ2) is 4.26. The molecule has 0 atom stereocenters. The van der Waals surface area contributed by atoms with Gasteiger partial charge in [-0.25, -0.2) is 0 Å². The fourth-order valence-corrected chi connectivity index (χ4v) is 1.87. The molecule has 2 aromatic rings. The zero-order valence-corrected chi connectivity index (χ0v) is 9.73. The Labute approximate surface area is 99.5 Å². The van der Waals surface area contributed by atoms with Gasteiger partial charge >= 0.3 is 0 Å². The van der Waals surface area contributed by atoms with Gasteiger partial charge in [0.15, 0.2) is 0 Å². The smallest absolute Gasteiger partial charge is 0.0485 e. The molecule has 15 heavy (non-hydrogen) atoms. The summed E-state index contributed by atoms with van der Waals surface area (Å²) < 4.78 is 0. The Morgan fingerprint density at radius 1 is 1.07 bits per heavy atom. The van der Waals surface area contributed by atoms with Crippen molar-refractivity contribution in [1.82, 2.24) is 0 Å². The van der Waals surface area contributed by atoms with E-state index in [1.807, 2.05) is 37.3 Å². The zero-order valence-electron chi connectivity index (χ0n) is 8.22. The van der Waals surface area contributed by atoms with E-state index < -0.39 is 0 Å². The van der Waals surface area contributed by atoms with Gasteiger partial charge in [0.05, 0.1) is 0 Å². The highest BCUT2D eigenvalue weighted by Gasteiger charge is 2.04. The lowest BCUT2D eigenvalue weighted by Crippen LogP contribution is -1.81. The Kier molecular flexibility index (Phi) is 2.99. The van der Waals surface area contributed by atoms with E-state index in [4.69, 9.17) is 23.2 Å². The van der Waals surface area contributed by atoms with Gasteiger partial charge in [-0.1, -0.05) is 41.4 Å². The molecule has 2 heteroatoms. The Bertz CT molecular complexity index is 490. The van der Waals surface area contributed by atoms with Crippen LogP contribution in [0.25, 0.3) is 11.1 Å². The summed E-state index contributed by atoms with van der Waals surface area (Å²) in [7, 11) is 0. The zero-order chi connectivity index (χ0) is 10.8. The Balaban J connectivity index is 2.58. The van der Waals surface area contributed by atoms with Gasteiger partial charge in [-0.3, -0.25) is 0 Å². The maximum atomic E-state index is 6.11. The first-order valence-electron chi connectivity index (χ1n) is 4.60. The number of benzene rings is 2. The minimum Gasteiger partial charge on any atom is -0.0843 e. The van der Waals surface area contributed by atoms with Crippen LogP contribution in [0, 0.1) is 13.0 Å². The van der Waals surface area contributed by atoms with Crippen LogP contribution in [0.15, 0.2) is 36.4 Å². The van der Waals surface area contributed by atoms with Crippen molar-refractivity contribution in [2.24, 2.45) is 0 Å². The molecule has 75 valence electrons. The van der Waals surface area contributed by atoms with Gasteiger partial charge in [0.25, 0.3) is 0 Å². The molecule has 2 aromatic carbocycles. The Morgan fingerprint density at radius 2 is 1.87 bits per heavy atom. The summed E-state index contributed by atoms with van der Waals surface area (Å²) in [4.78, 5) is 0. The lowest BCUT2D eigenvalue weighted by molar-refractivity contribution is 1.45. The molecule has 0 aliphatic heterocycles. The third-order valence-electron chi connectivity index (χ3n) is 2.19. The summed E-state index contributed by atoms with van der Waals surface area (Å²) in [5, 5.41) is 1.41. The van der Waals surface area contributed by atoms with E-state index >= 15 is 0 Å². The molecular formula is C13H9Cl2. The third-order valence-corrected chi connectivity index (χ3v) is 2.75. The molecule has 0 aliphatic carbocycles.